The minimum atomic E-state index is -0.112. The Bertz CT molecular complexity index is 692. The highest BCUT2D eigenvalue weighted by Crippen LogP contribution is 2.14. The van der Waals surface area contributed by atoms with Crippen LogP contribution in [-0.4, -0.2) is 30.2 Å². The highest BCUT2D eigenvalue weighted by Gasteiger charge is 2.10. The lowest BCUT2D eigenvalue weighted by atomic mass is 10.1. The molecule has 0 atom stereocenters. The molecule has 4 heteroatoms. The van der Waals surface area contributed by atoms with E-state index in [0.717, 1.165) is 5.56 Å². The van der Waals surface area contributed by atoms with Crippen LogP contribution in [-0.2, 0) is 11.3 Å². The Labute approximate surface area is 136 Å². The van der Waals surface area contributed by atoms with E-state index in [1.54, 1.807) is 36.2 Å². The lowest BCUT2D eigenvalue weighted by Gasteiger charge is -2.18. The van der Waals surface area contributed by atoms with E-state index in [1.165, 1.54) is 12.5 Å². The van der Waals surface area contributed by atoms with Crippen LogP contribution in [0.15, 0.2) is 48.5 Å². The lowest BCUT2D eigenvalue weighted by Crippen LogP contribution is -2.30. The number of ether oxygens (including phenoxy) is 1. The molecule has 0 aliphatic heterocycles. The first-order valence-electron chi connectivity index (χ1n) is 7.49. The van der Waals surface area contributed by atoms with Crippen LogP contribution in [0.3, 0.4) is 0 Å². The van der Waals surface area contributed by atoms with E-state index in [-0.39, 0.29) is 18.3 Å². The third kappa shape index (κ3) is 4.95. The predicted molar refractivity (Wildman–Crippen MR) is 89.6 cm³/mol. The molecule has 4 nitrogen and oxygen atoms in total. The van der Waals surface area contributed by atoms with Gasteiger partial charge in [-0.3, -0.25) is 9.59 Å². The Balaban J connectivity index is 1.90. The van der Waals surface area contributed by atoms with Gasteiger partial charge in [-0.2, -0.15) is 0 Å². The van der Waals surface area contributed by atoms with Crippen LogP contribution in [0.5, 0.6) is 5.75 Å². The van der Waals surface area contributed by atoms with Crippen LogP contribution in [0.4, 0.5) is 0 Å². The summed E-state index contributed by atoms with van der Waals surface area (Å²) in [4.78, 5) is 25.1. The molecule has 0 unspecified atom stereocenters. The summed E-state index contributed by atoms with van der Waals surface area (Å²) in [5.41, 5.74) is 2.84. The molecule has 0 saturated heterocycles. The van der Waals surface area contributed by atoms with Gasteiger partial charge in [0.2, 0.25) is 0 Å². The number of benzene rings is 2. The molecule has 0 spiro atoms. The molecule has 1 amide bonds. The van der Waals surface area contributed by atoms with E-state index in [2.05, 4.69) is 0 Å². The molecule has 2 aromatic carbocycles. The fraction of sp³-hybridized carbons (Fsp3) is 0.263. The van der Waals surface area contributed by atoms with Crippen molar-refractivity contribution in [2.45, 2.75) is 20.4 Å². The molecule has 0 saturated carbocycles. The Morgan fingerprint density at radius 3 is 2.43 bits per heavy atom. The molecule has 23 heavy (non-hydrogen) atoms. The maximum atomic E-state index is 12.1. The van der Waals surface area contributed by atoms with Gasteiger partial charge in [0.15, 0.2) is 12.4 Å². The Morgan fingerprint density at radius 1 is 1.09 bits per heavy atom. The average molecular weight is 311 g/mol. The molecular formula is C19H21NO3. The lowest BCUT2D eigenvalue weighted by molar-refractivity contribution is -0.132. The predicted octanol–water partition coefficient (Wildman–Crippen LogP) is 3.24. The van der Waals surface area contributed by atoms with Crippen LogP contribution >= 0.6 is 0 Å². The second kappa shape index (κ2) is 7.58. The van der Waals surface area contributed by atoms with E-state index in [9.17, 15) is 9.59 Å². The van der Waals surface area contributed by atoms with Crippen molar-refractivity contribution in [3.05, 3.63) is 65.2 Å². The van der Waals surface area contributed by atoms with E-state index < -0.39 is 0 Å². The van der Waals surface area contributed by atoms with Gasteiger partial charge in [-0.05, 0) is 31.5 Å². The summed E-state index contributed by atoms with van der Waals surface area (Å²) in [5, 5.41) is 0. The second-order valence-corrected chi connectivity index (χ2v) is 5.61. The molecule has 0 N–H and O–H groups in total. The largest absolute Gasteiger partial charge is 0.484 e. The average Bonchev–Trinajstić information content (AvgIpc) is 2.55. The van der Waals surface area contributed by atoms with Crippen molar-refractivity contribution in [3.63, 3.8) is 0 Å². The van der Waals surface area contributed by atoms with Crippen LogP contribution in [0, 0.1) is 6.92 Å². The van der Waals surface area contributed by atoms with Gasteiger partial charge in [-0.1, -0.05) is 42.0 Å². The van der Waals surface area contributed by atoms with Crippen molar-refractivity contribution < 1.29 is 14.3 Å². The molecule has 0 fully saturated rings. The third-order valence-electron chi connectivity index (χ3n) is 3.57. The summed E-state index contributed by atoms with van der Waals surface area (Å²) < 4.78 is 5.49. The quantitative estimate of drug-likeness (QED) is 0.769. The molecule has 120 valence electrons. The van der Waals surface area contributed by atoms with Crippen LogP contribution in [0.25, 0.3) is 0 Å². The van der Waals surface area contributed by atoms with Gasteiger partial charge >= 0.3 is 0 Å². The molecule has 0 radical (unpaired) electrons. The zero-order valence-electron chi connectivity index (χ0n) is 13.7. The molecule has 0 bridgehead atoms. The number of likely N-dealkylation sites (N-methyl/N-ethyl adjacent to an activating group) is 1. The number of aryl methyl sites for hydroxylation is 1. The van der Waals surface area contributed by atoms with Gasteiger partial charge in [-0.15, -0.1) is 0 Å². The summed E-state index contributed by atoms with van der Waals surface area (Å²) in [6.45, 7) is 4.01. The number of Topliss-reactive ketones (excluding diaryl/α,β-unsaturated/α-hetero) is 1. The minimum absolute atomic E-state index is 0.0294. The highest BCUT2D eigenvalue weighted by atomic mass is 16.5. The van der Waals surface area contributed by atoms with E-state index in [0.29, 0.717) is 17.9 Å². The van der Waals surface area contributed by atoms with E-state index >= 15 is 0 Å². The summed E-state index contributed by atoms with van der Waals surface area (Å²) in [5.74, 6) is 0.381. The summed E-state index contributed by atoms with van der Waals surface area (Å²) >= 11 is 0. The smallest absolute Gasteiger partial charge is 0.260 e. The topological polar surface area (TPSA) is 46.6 Å². The van der Waals surface area contributed by atoms with Gasteiger partial charge < -0.3 is 9.64 Å². The Kier molecular flexibility index (Phi) is 5.52. The maximum Gasteiger partial charge on any atom is 0.260 e. The number of nitrogens with zero attached hydrogens (tertiary/aromatic N) is 1. The van der Waals surface area contributed by atoms with Crippen molar-refractivity contribution in [1.82, 2.24) is 4.90 Å². The fourth-order valence-corrected chi connectivity index (χ4v) is 2.12. The van der Waals surface area contributed by atoms with Crippen molar-refractivity contribution in [2.24, 2.45) is 0 Å². The number of amides is 1. The number of hydrogen-bond acceptors (Lipinski definition) is 3. The van der Waals surface area contributed by atoms with Gasteiger partial charge in [0.05, 0.1) is 0 Å². The summed E-state index contributed by atoms with van der Waals surface area (Å²) in [7, 11) is 1.75. The minimum Gasteiger partial charge on any atom is -0.484 e. The van der Waals surface area contributed by atoms with Gasteiger partial charge in [0.1, 0.15) is 5.75 Å². The number of carbonyl (C=O) groups is 2. The van der Waals surface area contributed by atoms with Gasteiger partial charge in [0.25, 0.3) is 5.91 Å². The van der Waals surface area contributed by atoms with Gasteiger partial charge in [-0.25, -0.2) is 0 Å². The summed E-state index contributed by atoms with van der Waals surface area (Å²) in [6, 6.07) is 14.9. The first kappa shape index (κ1) is 16.7. The molecule has 2 rings (SSSR count). The second-order valence-electron chi connectivity index (χ2n) is 5.61. The van der Waals surface area contributed by atoms with E-state index in [1.807, 2.05) is 31.2 Å². The number of rotatable bonds is 6. The van der Waals surface area contributed by atoms with Crippen molar-refractivity contribution in [1.29, 1.82) is 0 Å². The monoisotopic (exact) mass is 311 g/mol. The zero-order chi connectivity index (χ0) is 16.8. The molecular weight excluding hydrogens is 290 g/mol. The Hall–Kier alpha value is -2.62. The number of carbonyl (C=O) groups excluding carboxylic acids is 2. The molecule has 2 aromatic rings. The van der Waals surface area contributed by atoms with Crippen molar-refractivity contribution in [2.75, 3.05) is 13.7 Å². The number of ketones is 1. The summed E-state index contributed by atoms with van der Waals surface area (Å²) in [6.07, 6.45) is 0. The third-order valence-corrected chi connectivity index (χ3v) is 3.57. The number of hydrogen-bond donors (Lipinski definition) is 0. The van der Waals surface area contributed by atoms with Crippen LogP contribution in [0.1, 0.15) is 28.4 Å². The highest BCUT2D eigenvalue weighted by molar-refractivity contribution is 5.94. The van der Waals surface area contributed by atoms with E-state index in [4.69, 9.17) is 4.74 Å². The normalized spacial score (nSPS) is 10.2. The van der Waals surface area contributed by atoms with Crippen LogP contribution in [0.2, 0.25) is 0 Å². The van der Waals surface area contributed by atoms with Crippen molar-refractivity contribution >= 4 is 11.7 Å². The molecule has 0 heterocycles. The Morgan fingerprint density at radius 2 is 1.78 bits per heavy atom. The fourth-order valence-electron chi connectivity index (χ4n) is 2.12. The molecule has 0 aliphatic carbocycles. The first-order chi connectivity index (χ1) is 11.0. The van der Waals surface area contributed by atoms with Gasteiger partial charge in [0, 0.05) is 19.2 Å². The molecule has 0 aromatic heterocycles. The first-order valence-corrected chi connectivity index (χ1v) is 7.49. The zero-order valence-corrected chi connectivity index (χ0v) is 13.7. The van der Waals surface area contributed by atoms with Crippen molar-refractivity contribution in [3.8, 4) is 5.75 Å². The maximum absolute atomic E-state index is 12.1. The SMILES string of the molecule is CC(=O)c1cccc(OCC(=O)N(C)Cc2ccc(C)cc2)c1. The van der Waals surface area contributed by atoms with Crippen LogP contribution < -0.4 is 4.74 Å². The standard InChI is InChI=1S/C19H21NO3/c1-14-7-9-16(10-8-14)12-20(3)19(22)13-23-18-6-4-5-17(11-18)15(2)21/h4-11H,12-13H2,1-3H3. The molecule has 0 aliphatic rings.